The third-order valence-corrected chi connectivity index (χ3v) is 2.67. The van der Waals surface area contributed by atoms with Gasteiger partial charge in [0.05, 0.1) is 6.61 Å². The molecule has 0 saturated heterocycles. The fourth-order valence-corrected chi connectivity index (χ4v) is 1.83. The maximum Gasteiger partial charge on any atom is 0.171 e. The van der Waals surface area contributed by atoms with E-state index in [2.05, 4.69) is 5.16 Å². The molecule has 0 fully saturated rings. The zero-order valence-corrected chi connectivity index (χ0v) is 8.37. The number of rotatable bonds is 4. The molecule has 4 N–H and O–H groups in total. The molecule has 1 aromatic rings. The van der Waals surface area contributed by atoms with Crippen LogP contribution in [0.2, 0.25) is 0 Å². The van der Waals surface area contributed by atoms with Gasteiger partial charge in [0.15, 0.2) is 5.84 Å². The predicted octanol–water partition coefficient (Wildman–Crippen LogP) is 0.866. The van der Waals surface area contributed by atoms with Crippen LogP contribution in [0.25, 0.3) is 0 Å². The molecule has 0 unspecified atom stereocenters. The standard InChI is InChI=1S/C9H12N2O2S/c10-9(11-13)7-3-1-2-4-8(7)14-6-5-12/h1-4,12-13H,5-6H2,(H2,10,11). The zero-order chi connectivity index (χ0) is 10.4. The summed E-state index contributed by atoms with van der Waals surface area (Å²) in [5.74, 6) is 0.682. The summed E-state index contributed by atoms with van der Waals surface area (Å²) in [6.07, 6.45) is 0. The van der Waals surface area contributed by atoms with E-state index in [1.54, 1.807) is 6.07 Å². The first-order chi connectivity index (χ1) is 6.79. The fourth-order valence-electron chi connectivity index (χ4n) is 1.01. The van der Waals surface area contributed by atoms with E-state index in [0.717, 1.165) is 4.90 Å². The third kappa shape index (κ3) is 2.65. The molecule has 0 heterocycles. The molecule has 0 atom stereocenters. The Balaban J connectivity index is 2.91. The minimum atomic E-state index is 0.0889. The number of oxime groups is 1. The number of nitrogens with zero attached hydrogens (tertiary/aromatic N) is 1. The van der Waals surface area contributed by atoms with Crippen LogP contribution in [-0.4, -0.2) is 28.5 Å². The molecule has 0 aromatic heterocycles. The summed E-state index contributed by atoms with van der Waals surface area (Å²) in [5, 5.41) is 20.2. The molecule has 0 amide bonds. The molecule has 14 heavy (non-hydrogen) atoms. The number of nitrogens with two attached hydrogens (primary N) is 1. The van der Waals surface area contributed by atoms with Crippen molar-refractivity contribution >= 4 is 17.6 Å². The Morgan fingerprint density at radius 2 is 2.14 bits per heavy atom. The van der Waals surface area contributed by atoms with Crippen molar-refractivity contribution in [2.24, 2.45) is 10.9 Å². The van der Waals surface area contributed by atoms with Crippen molar-refractivity contribution in [2.75, 3.05) is 12.4 Å². The van der Waals surface area contributed by atoms with E-state index in [9.17, 15) is 0 Å². The molecule has 0 spiro atoms. The van der Waals surface area contributed by atoms with Gasteiger partial charge in [-0.25, -0.2) is 0 Å². The highest BCUT2D eigenvalue weighted by Gasteiger charge is 2.05. The Bertz CT molecular complexity index is 328. The molecule has 76 valence electrons. The summed E-state index contributed by atoms with van der Waals surface area (Å²) >= 11 is 1.47. The molecule has 1 rings (SSSR count). The molecule has 5 heteroatoms. The Morgan fingerprint density at radius 3 is 2.79 bits per heavy atom. The molecule has 0 saturated carbocycles. The van der Waals surface area contributed by atoms with Gasteiger partial charge in [-0.2, -0.15) is 0 Å². The number of aliphatic hydroxyl groups is 1. The van der Waals surface area contributed by atoms with Gasteiger partial charge in [-0.3, -0.25) is 0 Å². The smallest absolute Gasteiger partial charge is 0.171 e. The van der Waals surface area contributed by atoms with Crippen LogP contribution in [0.5, 0.6) is 0 Å². The van der Waals surface area contributed by atoms with Crippen molar-refractivity contribution < 1.29 is 10.3 Å². The predicted molar refractivity (Wildman–Crippen MR) is 56.8 cm³/mol. The van der Waals surface area contributed by atoms with E-state index in [1.165, 1.54) is 11.8 Å². The zero-order valence-electron chi connectivity index (χ0n) is 7.55. The van der Waals surface area contributed by atoms with E-state index >= 15 is 0 Å². The second-order valence-electron chi connectivity index (χ2n) is 2.55. The first-order valence-electron chi connectivity index (χ1n) is 4.10. The van der Waals surface area contributed by atoms with Crippen molar-refractivity contribution in [3.8, 4) is 0 Å². The lowest BCUT2D eigenvalue weighted by Crippen LogP contribution is -2.14. The van der Waals surface area contributed by atoms with Crippen molar-refractivity contribution in [1.29, 1.82) is 0 Å². The van der Waals surface area contributed by atoms with Gasteiger partial charge in [0.1, 0.15) is 0 Å². The highest BCUT2D eigenvalue weighted by Crippen LogP contribution is 2.21. The first kappa shape index (κ1) is 10.9. The summed E-state index contributed by atoms with van der Waals surface area (Å²) in [6, 6.07) is 7.33. The van der Waals surface area contributed by atoms with Gasteiger partial charge in [0, 0.05) is 16.2 Å². The topological polar surface area (TPSA) is 78.8 Å². The van der Waals surface area contributed by atoms with E-state index in [0.29, 0.717) is 11.3 Å². The maximum atomic E-state index is 8.68. The molecule has 4 nitrogen and oxygen atoms in total. The van der Waals surface area contributed by atoms with Crippen LogP contribution in [-0.2, 0) is 0 Å². The van der Waals surface area contributed by atoms with E-state index in [4.69, 9.17) is 16.0 Å². The first-order valence-corrected chi connectivity index (χ1v) is 5.08. The van der Waals surface area contributed by atoms with E-state index < -0.39 is 0 Å². The van der Waals surface area contributed by atoms with Crippen LogP contribution in [0.4, 0.5) is 0 Å². The Labute approximate surface area is 86.4 Å². The SMILES string of the molecule is N/C(=N\O)c1ccccc1SCCO. The average Bonchev–Trinajstić information content (AvgIpc) is 2.25. The molecule has 0 radical (unpaired) electrons. The highest BCUT2D eigenvalue weighted by atomic mass is 32.2. The van der Waals surface area contributed by atoms with Crippen molar-refractivity contribution in [3.63, 3.8) is 0 Å². The maximum absolute atomic E-state index is 8.68. The lowest BCUT2D eigenvalue weighted by atomic mass is 10.2. The van der Waals surface area contributed by atoms with Gasteiger partial charge >= 0.3 is 0 Å². The number of hydrogen-bond donors (Lipinski definition) is 3. The second kappa shape index (κ2) is 5.51. The van der Waals surface area contributed by atoms with Crippen LogP contribution in [0, 0.1) is 0 Å². The monoisotopic (exact) mass is 212 g/mol. The minimum Gasteiger partial charge on any atom is -0.409 e. The van der Waals surface area contributed by atoms with Gasteiger partial charge < -0.3 is 16.0 Å². The van der Waals surface area contributed by atoms with Crippen LogP contribution in [0.15, 0.2) is 34.3 Å². The van der Waals surface area contributed by atoms with E-state index in [1.807, 2.05) is 18.2 Å². The lowest BCUT2D eigenvalue weighted by molar-refractivity contribution is 0.318. The van der Waals surface area contributed by atoms with Crippen LogP contribution in [0.3, 0.4) is 0 Å². The fraction of sp³-hybridized carbons (Fsp3) is 0.222. The average molecular weight is 212 g/mol. The van der Waals surface area contributed by atoms with Crippen molar-refractivity contribution in [2.45, 2.75) is 4.90 Å². The molecular formula is C9H12N2O2S. The van der Waals surface area contributed by atoms with Crippen molar-refractivity contribution in [3.05, 3.63) is 29.8 Å². The summed E-state index contributed by atoms with van der Waals surface area (Å²) in [7, 11) is 0. The molecule has 0 bridgehead atoms. The number of benzene rings is 1. The van der Waals surface area contributed by atoms with Gasteiger partial charge in [0.2, 0.25) is 0 Å². The summed E-state index contributed by atoms with van der Waals surface area (Å²) in [4.78, 5) is 0.900. The van der Waals surface area contributed by atoms with Gasteiger partial charge in [0.25, 0.3) is 0 Å². The molecule has 1 aromatic carbocycles. The number of thioether (sulfide) groups is 1. The van der Waals surface area contributed by atoms with Gasteiger partial charge in [-0.15, -0.1) is 11.8 Å². The summed E-state index contributed by atoms with van der Waals surface area (Å²) in [6.45, 7) is 0.106. The summed E-state index contributed by atoms with van der Waals surface area (Å²) in [5.41, 5.74) is 6.18. The highest BCUT2D eigenvalue weighted by molar-refractivity contribution is 7.99. The Kier molecular flexibility index (Phi) is 4.28. The van der Waals surface area contributed by atoms with E-state index in [-0.39, 0.29) is 12.4 Å². The van der Waals surface area contributed by atoms with Crippen molar-refractivity contribution in [1.82, 2.24) is 0 Å². The second-order valence-corrected chi connectivity index (χ2v) is 3.69. The van der Waals surface area contributed by atoms with Gasteiger partial charge in [-0.1, -0.05) is 23.4 Å². The Hall–Kier alpha value is -1.20. The normalized spacial score (nSPS) is 11.6. The summed E-state index contributed by atoms with van der Waals surface area (Å²) < 4.78 is 0. The minimum absolute atomic E-state index is 0.0889. The van der Waals surface area contributed by atoms with Gasteiger partial charge in [-0.05, 0) is 6.07 Å². The largest absolute Gasteiger partial charge is 0.409 e. The molecule has 0 aliphatic rings. The molecule has 0 aliphatic carbocycles. The number of aliphatic hydroxyl groups excluding tert-OH is 1. The third-order valence-electron chi connectivity index (χ3n) is 1.62. The van der Waals surface area contributed by atoms with Crippen LogP contribution < -0.4 is 5.73 Å². The molecule has 0 aliphatic heterocycles. The Morgan fingerprint density at radius 1 is 1.43 bits per heavy atom. The van der Waals surface area contributed by atoms with Crippen LogP contribution in [0.1, 0.15) is 5.56 Å². The quantitative estimate of drug-likeness (QED) is 0.227. The molecular weight excluding hydrogens is 200 g/mol. The lowest BCUT2D eigenvalue weighted by Gasteiger charge is -2.05. The van der Waals surface area contributed by atoms with Crippen LogP contribution >= 0.6 is 11.8 Å². The number of amidine groups is 1. The number of hydrogen-bond acceptors (Lipinski definition) is 4.